The van der Waals surface area contributed by atoms with E-state index < -0.39 is 11.9 Å². The van der Waals surface area contributed by atoms with Crippen molar-refractivity contribution in [3.05, 3.63) is 108 Å². The van der Waals surface area contributed by atoms with E-state index in [1.54, 1.807) is 24.3 Å². The number of carbonyl (C=O) groups is 3. The molecule has 4 aromatic rings. The van der Waals surface area contributed by atoms with Crippen LogP contribution in [0.25, 0.3) is 5.69 Å². The number of nitrogen functional groups attached to an aromatic ring is 1. The average molecular weight is 597 g/mol. The molecule has 0 radical (unpaired) electrons. The Bertz CT molecular complexity index is 1570. The SMILES string of the molecule is Nc1c(C(=O)NCc2ccc(C(=O)N[C@@H](CCC3CCCCC3)C(=O)Nc3ccc(F)cc3)cc2)cnn1-c1ccccc1. The highest BCUT2D eigenvalue weighted by Crippen LogP contribution is 2.28. The van der Waals surface area contributed by atoms with Crippen LogP contribution in [0, 0.1) is 11.7 Å². The molecule has 0 unspecified atom stereocenters. The molecule has 0 spiro atoms. The number of amides is 3. The molecule has 3 aromatic carbocycles. The van der Waals surface area contributed by atoms with E-state index in [4.69, 9.17) is 5.73 Å². The van der Waals surface area contributed by atoms with Crippen LogP contribution < -0.4 is 21.7 Å². The van der Waals surface area contributed by atoms with E-state index in [9.17, 15) is 18.8 Å². The lowest BCUT2D eigenvalue weighted by molar-refractivity contribution is -0.118. The number of nitrogens with zero attached hydrogens (tertiary/aromatic N) is 2. The first-order valence-corrected chi connectivity index (χ1v) is 15.0. The molecule has 0 bridgehead atoms. The van der Waals surface area contributed by atoms with Crippen LogP contribution in [0.4, 0.5) is 15.9 Å². The van der Waals surface area contributed by atoms with Crippen molar-refractivity contribution in [2.75, 3.05) is 11.1 Å². The van der Waals surface area contributed by atoms with Crippen LogP contribution in [-0.4, -0.2) is 33.5 Å². The van der Waals surface area contributed by atoms with Crippen molar-refractivity contribution in [1.29, 1.82) is 0 Å². The zero-order valence-corrected chi connectivity index (χ0v) is 24.5. The number of nitrogens with one attached hydrogen (secondary N) is 3. The number of aromatic nitrogens is 2. The second-order valence-electron chi connectivity index (χ2n) is 11.2. The van der Waals surface area contributed by atoms with Gasteiger partial charge in [-0.1, -0.05) is 62.4 Å². The number of carbonyl (C=O) groups excluding carboxylic acids is 3. The standard InChI is InChI=1S/C34H37FN6O3/c35-26-16-18-27(19-17-26)39-34(44)30(20-13-23-7-3-1-4-8-23)40-32(42)25-14-11-24(12-15-25)21-37-33(43)29-22-38-41(31(29)36)28-9-5-2-6-10-28/h2,5-6,9-12,14-19,22-23,30H,1,3-4,7-8,13,20-21,36H2,(H,37,43)(H,39,44)(H,40,42)/t30-/m0/s1. The monoisotopic (exact) mass is 596 g/mol. The number of hydrogen-bond acceptors (Lipinski definition) is 5. The van der Waals surface area contributed by atoms with Gasteiger partial charge in [0.05, 0.1) is 11.9 Å². The Morgan fingerprint density at radius 2 is 1.61 bits per heavy atom. The smallest absolute Gasteiger partial charge is 0.256 e. The fraction of sp³-hybridized carbons (Fsp3) is 0.294. The van der Waals surface area contributed by atoms with Crippen molar-refractivity contribution in [2.45, 2.75) is 57.5 Å². The summed E-state index contributed by atoms with van der Waals surface area (Å²) in [5, 5.41) is 12.8. The molecule has 1 fully saturated rings. The molecule has 10 heteroatoms. The van der Waals surface area contributed by atoms with Crippen molar-refractivity contribution in [2.24, 2.45) is 5.92 Å². The normalized spacial score (nSPS) is 14.0. The summed E-state index contributed by atoms with van der Waals surface area (Å²) in [7, 11) is 0. The summed E-state index contributed by atoms with van der Waals surface area (Å²) >= 11 is 0. The van der Waals surface area contributed by atoms with E-state index >= 15 is 0 Å². The second kappa shape index (κ2) is 14.5. The maximum absolute atomic E-state index is 13.3. The van der Waals surface area contributed by atoms with Gasteiger partial charge < -0.3 is 21.7 Å². The topological polar surface area (TPSA) is 131 Å². The molecule has 0 aliphatic heterocycles. The predicted octanol–water partition coefficient (Wildman–Crippen LogP) is 5.62. The van der Waals surface area contributed by atoms with Gasteiger partial charge in [-0.15, -0.1) is 0 Å². The van der Waals surface area contributed by atoms with E-state index in [0.29, 0.717) is 23.6 Å². The van der Waals surface area contributed by atoms with Crippen LogP contribution >= 0.6 is 0 Å². The Morgan fingerprint density at radius 1 is 0.909 bits per heavy atom. The number of hydrogen-bond donors (Lipinski definition) is 4. The third-order valence-corrected chi connectivity index (χ3v) is 8.04. The first kappa shape index (κ1) is 30.5. The van der Waals surface area contributed by atoms with Gasteiger partial charge in [0.2, 0.25) is 5.91 Å². The number of anilines is 2. The number of para-hydroxylation sites is 1. The third-order valence-electron chi connectivity index (χ3n) is 8.04. The van der Waals surface area contributed by atoms with Gasteiger partial charge in [-0.05, 0) is 72.9 Å². The van der Waals surface area contributed by atoms with E-state index in [1.807, 2.05) is 30.3 Å². The Morgan fingerprint density at radius 3 is 2.32 bits per heavy atom. The third kappa shape index (κ3) is 7.89. The van der Waals surface area contributed by atoms with Crippen LogP contribution in [-0.2, 0) is 11.3 Å². The molecule has 1 atom stereocenters. The van der Waals surface area contributed by atoms with E-state index in [1.165, 1.54) is 54.4 Å². The van der Waals surface area contributed by atoms with Crippen molar-refractivity contribution in [3.63, 3.8) is 0 Å². The molecule has 5 N–H and O–H groups in total. The molecular formula is C34H37FN6O3. The molecule has 3 amide bonds. The van der Waals surface area contributed by atoms with Crippen molar-refractivity contribution in [1.82, 2.24) is 20.4 Å². The molecule has 1 heterocycles. The number of rotatable bonds is 11. The molecule has 9 nitrogen and oxygen atoms in total. The zero-order valence-electron chi connectivity index (χ0n) is 24.5. The van der Waals surface area contributed by atoms with E-state index in [0.717, 1.165) is 30.5 Å². The molecular weight excluding hydrogens is 559 g/mol. The highest BCUT2D eigenvalue weighted by molar-refractivity contribution is 6.01. The summed E-state index contributed by atoms with van der Waals surface area (Å²) in [5.74, 6) is -0.683. The minimum Gasteiger partial charge on any atom is -0.383 e. The molecule has 1 aromatic heterocycles. The summed E-state index contributed by atoms with van der Waals surface area (Å²) < 4.78 is 14.8. The summed E-state index contributed by atoms with van der Waals surface area (Å²) in [5.41, 5.74) is 8.85. The van der Waals surface area contributed by atoms with Gasteiger partial charge in [-0.2, -0.15) is 5.10 Å². The summed E-state index contributed by atoms with van der Waals surface area (Å²) in [6.07, 6.45) is 8.70. The lowest BCUT2D eigenvalue weighted by atomic mass is 9.85. The van der Waals surface area contributed by atoms with Crippen LogP contribution in [0.1, 0.15) is 71.2 Å². The minimum atomic E-state index is -0.740. The van der Waals surface area contributed by atoms with Gasteiger partial charge in [-0.3, -0.25) is 14.4 Å². The maximum Gasteiger partial charge on any atom is 0.256 e. The number of halogens is 1. The molecule has 44 heavy (non-hydrogen) atoms. The average Bonchev–Trinajstić information content (AvgIpc) is 3.45. The molecule has 228 valence electrons. The van der Waals surface area contributed by atoms with Crippen LogP contribution in [0.5, 0.6) is 0 Å². The highest BCUT2D eigenvalue weighted by Gasteiger charge is 2.24. The van der Waals surface area contributed by atoms with Crippen molar-refractivity contribution in [3.8, 4) is 5.69 Å². The van der Waals surface area contributed by atoms with E-state index in [-0.39, 0.29) is 35.6 Å². The van der Waals surface area contributed by atoms with E-state index in [2.05, 4.69) is 21.0 Å². The summed E-state index contributed by atoms with van der Waals surface area (Å²) in [4.78, 5) is 39.2. The van der Waals surface area contributed by atoms with Gasteiger partial charge in [0.1, 0.15) is 23.2 Å². The molecule has 1 aliphatic carbocycles. The number of nitrogens with two attached hydrogens (primary N) is 1. The molecule has 5 rings (SSSR count). The number of benzene rings is 3. The van der Waals surface area contributed by atoms with Crippen LogP contribution in [0.2, 0.25) is 0 Å². The molecule has 1 aliphatic rings. The van der Waals surface area contributed by atoms with Crippen LogP contribution in [0.15, 0.2) is 85.1 Å². The summed E-state index contributed by atoms with van der Waals surface area (Å²) in [6.45, 7) is 0.223. The van der Waals surface area contributed by atoms with Crippen LogP contribution in [0.3, 0.4) is 0 Å². The minimum absolute atomic E-state index is 0.223. The highest BCUT2D eigenvalue weighted by atomic mass is 19.1. The Labute approximate surface area is 256 Å². The predicted molar refractivity (Wildman–Crippen MR) is 168 cm³/mol. The fourth-order valence-electron chi connectivity index (χ4n) is 5.51. The van der Waals surface area contributed by atoms with Gasteiger partial charge in [-0.25, -0.2) is 9.07 Å². The van der Waals surface area contributed by atoms with Gasteiger partial charge in [0, 0.05) is 17.8 Å². The van der Waals surface area contributed by atoms with Gasteiger partial charge in [0.25, 0.3) is 11.8 Å². The quantitative estimate of drug-likeness (QED) is 0.179. The Kier molecular flexibility index (Phi) is 10.0. The first-order chi connectivity index (χ1) is 21.4. The van der Waals surface area contributed by atoms with Crippen molar-refractivity contribution < 1.29 is 18.8 Å². The largest absolute Gasteiger partial charge is 0.383 e. The fourth-order valence-corrected chi connectivity index (χ4v) is 5.51. The lowest BCUT2D eigenvalue weighted by Crippen LogP contribution is -2.44. The zero-order chi connectivity index (χ0) is 30.9. The Hall–Kier alpha value is -4.99. The van der Waals surface area contributed by atoms with Gasteiger partial charge >= 0.3 is 0 Å². The second-order valence-corrected chi connectivity index (χ2v) is 11.2. The maximum atomic E-state index is 13.3. The van der Waals surface area contributed by atoms with Gasteiger partial charge in [0.15, 0.2) is 0 Å². The molecule has 0 saturated heterocycles. The van der Waals surface area contributed by atoms with Crippen molar-refractivity contribution >= 4 is 29.2 Å². The first-order valence-electron chi connectivity index (χ1n) is 15.0. The lowest BCUT2D eigenvalue weighted by Gasteiger charge is -2.24. The Balaban J connectivity index is 1.18. The summed E-state index contributed by atoms with van der Waals surface area (Å²) in [6, 6.07) is 20.9. The molecule has 1 saturated carbocycles.